The van der Waals surface area contributed by atoms with Crippen molar-refractivity contribution in [1.29, 1.82) is 0 Å². The first-order valence-electron chi connectivity index (χ1n) is 11.0. The summed E-state index contributed by atoms with van der Waals surface area (Å²) in [6.45, 7) is 6.97. The molecule has 0 spiro atoms. The largest absolute Gasteiger partial charge is 0.481 e. The third-order valence-corrected chi connectivity index (χ3v) is 5.13. The topological polar surface area (TPSA) is 225 Å². The number of nitrogens with two attached hydrogens (primary N) is 1. The maximum absolute atomic E-state index is 12.8. The first-order valence-corrected chi connectivity index (χ1v) is 11.0. The van der Waals surface area contributed by atoms with Gasteiger partial charge in [-0.15, -0.1) is 0 Å². The lowest BCUT2D eigenvalue weighted by Gasteiger charge is -2.26. The second-order valence-corrected chi connectivity index (χ2v) is 8.60. The summed E-state index contributed by atoms with van der Waals surface area (Å²) in [7, 11) is 0. The molecule has 13 heteroatoms. The predicted molar refractivity (Wildman–Crippen MR) is 119 cm³/mol. The molecule has 13 nitrogen and oxygen atoms in total. The molecular formula is C21H36N4O9. The number of nitrogens with one attached hydrogen (secondary N) is 3. The molecule has 0 rings (SSSR count). The van der Waals surface area contributed by atoms with Crippen molar-refractivity contribution in [2.75, 3.05) is 0 Å². The maximum Gasteiger partial charge on any atom is 0.326 e. The number of carbonyl (C=O) groups excluding carboxylic acids is 3. The van der Waals surface area contributed by atoms with Crippen molar-refractivity contribution < 1.29 is 44.1 Å². The molecule has 0 aliphatic carbocycles. The van der Waals surface area contributed by atoms with Gasteiger partial charge in [-0.05, 0) is 24.7 Å². The number of hydrogen-bond donors (Lipinski definition) is 7. The number of carboxylic acid groups (broad SMARTS) is 3. The fraction of sp³-hybridized carbons (Fsp3) is 0.714. The molecule has 0 aromatic carbocycles. The van der Waals surface area contributed by atoms with E-state index >= 15 is 0 Å². The molecule has 3 amide bonds. The molecule has 5 unspecified atom stereocenters. The van der Waals surface area contributed by atoms with Crippen molar-refractivity contribution in [3.8, 4) is 0 Å². The van der Waals surface area contributed by atoms with E-state index < -0.39 is 78.6 Å². The van der Waals surface area contributed by atoms with Crippen molar-refractivity contribution in [3.05, 3.63) is 0 Å². The Bertz CT molecular complexity index is 757. The molecule has 0 radical (unpaired) electrons. The van der Waals surface area contributed by atoms with Gasteiger partial charge in [0.05, 0.1) is 12.5 Å². The summed E-state index contributed by atoms with van der Waals surface area (Å²) in [5.74, 6) is -7.13. The van der Waals surface area contributed by atoms with E-state index in [1.54, 1.807) is 13.8 Å². The van der Waals surface area contributed by atoms with Gasteiger partial charge in [0.1, 0.15) is 18.1 Å². The van der Waals surface area contributed by atoms with Crippen LogP contribution in [0.4, 0.5) is 0 Å². The first-order chi connectivity index (χ1) is 15.7. The standard InChI is InChI=1S/C21H36N4O9/c1-5-11(4)17(21(33)34)25-19(31)13(6-7-15(26)27)23-20(32)14(9-16(28)29)24-18(30)12(22)8-10(2)3/h10-14,17H,5-9,22H2,1-4H3,(H,23,32)(H,24,30)(H,25,31)(H,26,27)(H,28,29)(H,33,34). The molecule has 0 bridgehead atoms. The second kappa shape index (κ2) is 14.8. The average Bonchev–Trinajstić information content (AvgIpc) is 2.72. The van der Waals surface area contributed by atoms with Crippen LogP contribution in [0.25, 0.3) is 0 Å². The van der Waals surface area contributed by atoms with Gasteiger partial charge in [-0.1, -0.05) is 34.1 Å². The van der Waals surface area contributed by atoms with Crippen LogP contribution in [0, 0.1) is 11.8 Å². The second-order valence-electron chi connectivity index (χ2n) is 8.60. The van der Waals surface area contributed by atoms with Crippen LogP contribution in [0.15, 0.2) is 0 Å². The molecule has 34 heavy (non-hydrogen) atoms. The Labute approximate surface area is 197 Å². The van der Waals surface area contributed by atoms with E-state index in [-0.39, 0.29) is 18.8 Å². The molecule has 0 fully saturated rings. The van der Waals surface area contributed by atoms with E-state index in [2.05, 4.69) is 16.0 Å². The van der Waals surface area contributed by atoms with Crippen LogP contribution in [-0.4, -0.2) is 75.1 Å². The van der Waals surface area contributed by atoms with Crippen molar-refractivity contribution >= 4 is 35.6 Å². The number of hydrogen-bond acceptors (Lipinski definition) is 7. The highest BCUT2D eigenvalue weighted by Gasteiger charge is 2.33. The summed E-state index contributed by atoms with van der Waals surface area (Å²) in [4.78, 5) is 71.5. The minimum Gasteiger partial charge on any atom is -0.481 e. The van der Waals surface area contributed by atoms with Crippen LogP contribution >= 0.6 is 0 Å². The van der Waals surface area contributed by atoms with Gasteiger partial charge >= 0.3 is 17.9 Å². The Hall–Kier alpha value is -3.22. The van der Waals surface area contributed by atoms with E-state index in [1.807, 2.05) is 13.8 Å². The lowest BCUT2D eigenvalue weighted by atomic mass is 9.98. The Morgan fingerprint density at radius 1 is 0.794 bits per heavy atom. The smallest absolute Gasteiger partial charge is 0.326 e. The molecule has 0 saturated heterocycles. The molecule has 0 aromatic heterocycles. The van der Waals surface area contributed by atoms with Gasteiger partial charge in [0.25, 0.3) is 0 Å². The van der Waals surface area contributed by atoms with E-state index in [9.17, 15) is 33.9 Å². The van der Waals surface area contributed by atoms with E-state index in [0.717, 1.165) is 0 Å². The number of carbonyl (C=O) groups is 6. The molecule has 194 valence electrons. The molecule has 8 N–H and O–H groups in total. The molecule has 0 aromatic rings. The quantitative estimate of drug-likeness (QED) is 0.144. The summed E-state index contributed by atoms with van der Waals surface area (Å²) in [6, 6.07) is -5.35. The first kappa shape index (κ1) is 30.8. The highest BCUT2D eigenvalue weighted by molar-refractivity contribution is 5.95. The van der Waals surface area contributed by atoms with Gasteiger partial charge in [-0.25, -0.2) is 4.79 Å². The third-order valence-electron chi connectivity index (χ3n) is 5.13. The minimum atomic E-state index is -1.59. The Morgan fingerprint density at radius 3 is 1.76 bits per heavy atom. The zero-order valence-electron chi connectivity index (χ0n) is 19.9. The molecule has 5 atom stereocenters. The molecule has 0 heterocycles. The van der Waals surface area contributed by atoms with Crippen LogP contribution in [0.3, 0.4) is 0 Å². The lowest BCUT2D eigenvalue weighted by Crippen LogP contribution is -2.58. The minimum absolute atomic E-state index is 0.0595. The van der Waals surface area contributed by atoms with Gasteiger partial charge in [0, 0.05) is 6.42 Å². The van der Waals surface area contributed by atoms with Crippen molar-refractivity contribution in [1.82, 2.24) is 16.0 Å². The number of rotatable bonds is 16. The summed E-state index contributed by atoms with van der Waals surface area (Å²) in [5.41, 5.74) is 5.78. The van der Waals surface area contributed by atoms with Gasteiger partial charge in [0.15, 0.2) is 0 Å². The molecular weight excluding hydrogens is 452 g/mol. The van der Waals surface area contributed by atoms with Crippen LogP contribution in [0.1, 0.15) is 59.8 Å². The van der Waals surface area contributed by atoms with Crippen molar-refractivity contribution in [2.45, 2.75) is 84.0 Å². The number of aliphatic carboxylic acids is 3. The zero-order chi connectivity index (χ0) is 26.6. The van der Waals surface area contributed by atoms with Gasteiger partial charge in [-0.2, -0.15) is 0 Å². The zero-order valence-corrected chi connectivity index (χ0v) is 19.9. The van der Waals surface area contributed by atoms with Crippen LogP contribution in [-0.2, 0) is 28.8 Å². The Balaban J connectivity index is 5.64. The fourth-order valence-corrected chi connectivity index (χ4v) is 3.02. The average molecular weight is 489 g/mol. The number of carboxylic acids is 3. The van der Waals surface area contributed by atoms with E-state index in [4.69, 9.17) is 15.9 Å². The molecule has 0 aliphatic rings. The highest BCUT2D eigenvalue weighted by atomic mass is 16.4. The number of amides is 3. The normalized spacial score (nSPS) is 15.4. The monoisotopic (exact) mass is 488 g/mol. The third kappa shape index (κ3) is 11.6. The van der Waals surface area contributed by atoms with Crippen LogP contribution < -0.4 is 21.7 Å². The molecule has 0 saturated carbocycles. The van der Waals surface area contributed by atoms with Crippen molar-refractivity contribution in [2.24, 2.45) is 17.6 Å². The van der Waals surface area contributed by atoms with E-state index in [0.29, 0.717) is 6.42 Å². The van der Waals surface area contributed by atoms with Gasteiger partial charge < -0.3 is 37.0 Å². The summed E-state index contributed by atoms with van der Waals surface area (Å²) in [6.07, 6.45) is -1.03. The predicted octanol–water partition coefficient (Wildman–Crippen LogP) is -0.716. The van der Waals surface area contributed by atoms with Gasteiger partial charge in [-0.3, -0.25) is 24.0 Å². The fourth-order valence-electron chi connectivity index (χ4n) is 3.02. The highest BCUT2D eigenvalue weighted by Crippen LogP contribution is 2.10. The Kier molecular flexibility index (Phi) is 13.4. The molecule has 0 aliphatic heterocycles. The van der Waals surface area contributed by atoms with E-state index in [1.165, 1.54) is 0 Å². The summed E-state index contributed by atoms with van der Waals surface area (Å²) < 4.78 is 0. The maximum atomic E-state index is 12.8. The Morgan fingerprint density at radius 2 is 1.32 bits per heavy atom. The van der Waals surface area contributed by atoms with Gasteiger partial charge in [0.2, 0.25) is 17.7 Å². The van der Waals surface area contributed by atoms with Crippen LogP contribution in [0.2, 0.25) is 0 Å². The lowest BCUT2D eigenvalue weighted by molar-refractivity contribution is -0.144. The van der Waals surface area contributed by atoms with Crippen LogP contribution in [0.5, 0.6) is 0 Å². The van der Waals surface area contributed by atoms with Crippen molar-refractivity contribution in [3.63, 3.8) is 0 Å². The SMILES string of the molecule is CCC(C)C(NC(=O)C(CCC(=O)O)NC(=O)C(CC(=O)O)NC(=O)C(N)CC(C)C)C(=O)O. The summed E-state index contributed by atoms with van der Waals surface area (Å²) in [5, 5.41) is 34.3. The summed E-state index contributed by atoms with van der Waals surface area (Å²) >= 11 is 0.